The molecular weight excluding hydrogens is 374 g/mol. The van der Waals surface area contributed by atoms with Crippen LogP contribution in [0, 0.1) is 0 Å². The molecule has 0 aliphatic heterocycles. The van der Waals surface area contributed by atoms with Gasteiger partial charge in [0.15, 0.2) is 11.5 Å². The second-order valence-electron chi connectivity index (χ2n) is 5.43. The van der Waals surface area contributed by atoms with E-state index in [-0.39, 0.29) is 24.1 Å². The zero-order valence-electron chi connectivity index (χ0n) is 13.4. The van der Waals surface area contributed by atoms with E-state index >= 15 is 0 Å². The van der Waals surface area contributed by atoms with E-state index in [0.29, 0.717) is 11.5 Å². The maximum Gasteiger partial charge on any atom is 0.273 e. The molecule has 1 unspecified atom stereocenters. The van der Waals surface area contributed by atoms with Crippen molar-refractivity contribution in [3.63, 3.8) is 0 Å². The van der Waals surface area contributed by atoms with E-state index in [1.54, 1.807) is 24.3 Å². The Morgan fingerprint density at radius 3 is 2.71 bits per heavy atom. The van der Waals surface area contributed by atoms with E-state index in [1.807, 2.05) is 0 Å². The van der Waals surface area contributed by atoms with Crippen molar-refractivity contribution in [3.8, 4) is 0 Å². The first-order valence-corrected chi connectivity index (χ1v) is 8.58. The van der Waals surface area contributed by atoms with E-state index in [1.165, 1.54) is 6.26 Å². The number of nitrogens with two attached hydrogens (primary N) is 1. The molecule has 1 aromatic carbocycles. The van der Waals surface area contributed by atoms with Crippen molar-refractivity contribution < 1.29 is 14.0 Å². The fourth-order valence-electron chi connectivity index (χ4n) is 2.10. The Labute approximate surface area is 149 Å². The molecule has 2 rings (SSSR count). The molecule has 1 heterocycles. The monoisotopic (exact) mass is 393 g/mol. The summed E-state index contributed by atoms with van der Waals surface area (Å²) >= 11 is 3.31. The standard InChI is InChI=1S/C17H20BrN3O3/c1-2-3-4-13(19)17-21-14(10-24-17)16(23)20-9-15(22)11-5-7-12(18)8-6-11/h5-8,10,13H,2-4,9,19H2,1H3,(H,20,23). The van der Waals surface area contributed by atoms with Crippen LogP contribution >= 0.6 is 15.9 Å². The number of unbranched alkanes of at least 4 members (excludes halogenated alkanes) is 1. The molecule has 0 fully saturated rings. The molecule has 128 valence electrons. The topological polar surface area (TPSA) is 98.2 Å². The summed E-state index contributed by atoms with van der Waals surface area (Å²) in [6.07, 6.45) is 4.01. The number of ketones is 1. The third-order valence-electron chi connectivity index (χ3n) is 3.52. The molecule has 7 heteroatoms. The van der Waals surface area contributed by atoms with E-state index in [9.17, 15) is 9.59 Å². The molecule has 6 nitrogen and oxygen atoms in total. The zero-order chi connectivity index (χ0) is 17.5. The predicted molar refractivity (Wildman–Crippen MR) is 93.8 cm³/mol. The lowest BCUT2D eigenvalue weighted by atomic mass is 10.1. The van der Waals surface area contributed by atoms with Crippen molar-refractivity contribution in [3.05, 3.63) is 52.1 Å². The van der Waals surface area contributed by atoms with Crippen LogP contribution in [-0.2, 0) is 0 Å². The summed E-state index contributed by atoms with van der Waals surface area (Å²) in [6, 6.07) is 6.61. The van der Waals surface area contributed by atoms with Gasteiger partial charge in [-0.25, -0.2) is 4.98 Å². The van der Waals surface area contributed by atoms with Gasteiger partial charge in [0.05, 0.1) is 12.6 Å². The Hall–Kier alpha value is -1.99. The molecule has 0 aliphatic carbocycles. The Balaban J connectivity index is 1.89. The van der Waals surface area contributed by atoms with Crippen LogP contribution in [0.25, 0.3) is 0 Å². The molecule has 0 saturated heterocycles. The number of oxazole rings is 1. The van der Waals surface area contributed by atoms with Crippen molar-refractivity contribution in [2.45, 2.75) is 32.2 Å². The number of carbonyl (C=O) groups is 2. The maximum atomic E-state index is 12.1. The number of benzene rings is 1. The van der Waals surface area contributed by atoms with Gasteiger partial charge in [-0.2, -0.15) is 0 Å². The van der Waals surface area contributed by atoms with Gasteiger partial charge in [0.1, 0.15) is 6.26 Å². The van der Waals surface area contributed by atoms with Gasteiger partial charge in [-0.15, -0.1) is 0 Å². The second-order valence-corrected chi connectivity index (χ2v) is 6.35. The van der Waals surface area contributed by atoms with Crippen LogP contribution in [0.5, 0.6) is 0 Å². The van der Waals surface area contributed by atoms with Gasteiger partial charge in [0.2, 0.25) is 5.89 Å². The van der Waals surface area contributed by atoms with Crippen molar-refractivity contribution in [2.75, 3.05) is 6.54 Å². The molecule has 1 atom stereocenters. The number of hydrogen-bond acceptors (Lipinski definition) is 5. The molecular formula is C17H20BrN3O3. The summed E-state index contributed by atoms with van der Waals surface area (Å²) in [5.41, 5.74) is 6.61. The highest BCUT2D eigenvalue weighted by molar-refractivity contribution is 9.10. The van der Waals surface area contributed by atoms with Crippen LogP contribution in [0.15, 0.2) is 39.4 Å². The van der Waals surface area contributed by atoms with Gasteiger partial charge in [-0.1, -0.05) is 47.8 Å². The molecule has 1 amide bonds. The van der Waals surface area contributed by atoms with Crippen molar-refractivity contribution in [1.29, 1.82) is 0 Å². The van der Waals surface area contributed by atoms with Crippen LogP contribution in [0.3, 0.4) is 0 Å². The SMILES string of the molecule is CCCCC(N)c1nc(C(=O)NCC(=O)c2ccc(Br)cc2)co1. The zero-order valence-corrected chi connectivity index (χ0v) is 15.0. The first-order chi connectivity index (χ1) is 11.5. The number of nitrogens with one attached hydrogen (secondary N) is 1. The summed E-state index contributed by atoms with van der Waals surface area (Å²) in [5.74, 6) is -0.301. The number of aromatic nitrogens is 1. The number of nitrogens with zero attached hydrogens (tertiary/aromatic N) is 1. The highest BCUT2D eigenvalue weighted by Crippen LogP contribution is 2.16. The average molecular weight is 394 g/mol. The normalized spacial score (nSPS) is 12.0. The Kier molecular flexibility index (Phi) is 6.69. The van der Waals surface area contributed by atoms with Gasteiger partial charge >= 0.3 is 0 Å². The third kappa shape index (κ3) is 5.01. The van der Waals surface area contributed by atoms with E-state index < -0.39 is 5.91 Å². The fraction of sp³-hybridized carbons (Fsp3) is 0.353. The molecule has 1 aromatic heterocycles. The first kappa shape index (κ1) is 18.4. The van der Waals surface area contributed by atoms with Crippen LogP contribution in [0.1, 0.15) is 59.0 Å². The third-order valence-corrected chi connectivity index (χ3v) is 4.04. The van der Waals surface area contributed by atoms with E-state index in [4.69, 9.17) is 10.2 Å². The summed E-state index contributed by atoms with van der Waals surface area (Å²) in [7, 11) is 0. The highest BCUT2D eigenvalue weighted by atomic mass is 79.9. The van der Waals surface area contributed by atoms with E-state index in [0.717, 1.165) is 23.7 Å². The van der Waals surface area contributed by atoms with Crippen molar-refractivity contribution >= 4 is 27.6 Å². The van der Waals surface area contributed by atoms with Crippen LogP contribution in [0.4, 0.5) is 0 Å². The summed E-state index contributed by atoms with van der Waals surface area (Å²) in [4.78, 5) is 28.2. The average Bonchev–Trinajstić information content (AvgIpc) is 3.08. The summed E-state index contributed by atoms with van der Waals surface area (Å²) in [5, 5.41) is 2.54. The number of rotatable bonds is 8. The lowest BCUT2D eigenvalue weighted by Gasteiger charge is -2.05. The molecule has 3 N–H and O–H groups in total. The quantitative estimate of drug-likeness (QED) is 0.670. The second kappa shape index (κ2) is 8.75. The largest absolute Gasteiger partial charge is 0.446 e. The van der Waals surface area contributed by atoms with Crippen LogP contribution in [0.2, 0.25) is 0 Å². The van der Waals surface area contributed by atoms with Crippen LogP contribution < -0.4 is 11.1 Å². The molecule has 0 spiro atoms. The van der Waals surface area contributed by atoms with Gasteiger partial charge in [-0.3, -0.25) is 9.59 Å². The number of halogens is 1. The van der Waals surface area contributed by atoms with Gasteiger partial charge < -0.3 is 15.5 Å². The van der Waals surface area contributed by atoms with Gasteiger partial charge in [0.25, 0.3) is 5.91 Å². The minimum atomic E-state index is -0.460. The first-order valence-electron chi connectivity index (χ1n) is 7.79. The predicted octanol–water partition coefficient (Wildman–Crippen LogP) is 3.24. The Morgan fingerprint density at radius 2 is 2.04 bits per heavy atom. The molecule has 2 aromatic rings. The lowest BCUT2D eigenvalue weighted by Crippen LogP contribution is -2.29. The van der Waals surface area contributed by atoms with Crippen LogP contribution in [-0.4, -0.2) is 23.2 Å². The summed E-state index contributed by atoms with van der Waals surface area (Å²) < 4.78 is 6.15. The number of amides is 1. The number of hydrogen-bond donors (Lipinski definition) is 2. The Morgan fingerprint density at radius 1 is 1.33 bits per heavy atom. The number of carbonyl (C=O) groups excluding carboxylic acids is 2. The molecule has 0 radical (unpaired) electrons. The smallest absolute Gasteiger partial charge is 0.273 e. The van der Waals surface area contributed by atoms with E-state index in [2.05, 4.69) is 33.2 Å². The summed E-state index contributed by atoms with van der Waals surface area (Å²) in [6.45, 7) is 1.97. The molecule has 24 heavy (non-hydrogen) atoms. The molecule has 0 aliphatic rings. The molecule has 0 bridgehead atoms. The lowest BCUT2D eigenvalue weighted by molar-refractivity contribution is 0.0900. The van der Waals surface area contributed by atoms with Gasteiger partial charge in [0, 0.05) is 10.0 Å². The van der Waals surface area contributed by atoms with Crippen molar-refractivity contribution in [1.82, 2.24) is 10.3 Å². The fourth-order valence-corrected chi connectivity index (χ4v) is 2.36. The number of Topliss-reactive ketones (excluding diaryl/α,β-unsaturated/α-hetero) is 1. The Bertz CT molecular complexity index is 697. The molecule has 0 saturated carbocycles. The highest BCUT2D eigenvalue weighted by Gasteiger charge is 2.17. The van der Waals surface area contributed by atoms with Gasteiger partial charge in [-0.05, 0) is 18.6 Å². The maximum absolute atomic E-state index is 12.1. The minimum Gasteiger partial charge on any atom is -0.446 e. The minimum absolute atomic E-state index is 0.107. The van der Waals surface area contributed by atoms with Crippen molar-refractivity contribution in [2.24, 2.45) is 5.73 Å².